The summed E-state index contributed by atoms with van der Waals surface area (Å²) in [6.07, 6.45) is -0.552. The number of thiophene rings is 1. The molecule has 102 valence electrons. The Kier molecular flexibility index (Phi) is 3.47. The van der Waals surface area contributed by atoms with Gasteiger partial charge < -0.3 is 10.0 Å². The zero-order valence-corrected chi connectivity index (χ0v) is 12.4. The van der Waals surface area contributed by atoms with Gasteiger partial charge in [0.05, 0.1) is 0 Å². The Labute approximate surface area is 122 Å². The monoisotopic (exact) mass is 283 g/mol. The molecule has 0 aliphatic rings. The molecular weight excluding hydrogens is 266 g/mol. The van der Waals surface area contributed by atoms with Crippen LogP contribution in [-0.2, 0) is 0 Å². The molecule has 1 aromatic heterocycles. The Balaban J connectivity index is 1.93. The molecule has 1 heterocycles. The van der Waals surface area contributed by atoms with Gasteiger partial charge >= 0.3 is 0 Å². The smallest absolute Gasteiger partial charge is 0.113 e. The quantitative estimate of drug-likeness (QED) is 0.784. The Morgan fingerprint density at radius 2 is 1.70 bits per heavy atom. The highest BCUT2D eigenvalue weighted by molar-refractivity contribution is 7.19. The van der Waals surface area contributed by atoms with Crippen LogP contribution in [0, 0.1) is 0 Å². The van der Waals surface area contributed by atoms with E-state index in [9.17, 15) is 5.11 Å². The third kappa shape index (κ3) is 2.42. The highest BCUT2D eigenvalue weighted by Gasteiger charge is 2.13. The first-order valence-corrected chi connectivity index (χ1v) is 7.40. The van der Waals surface area contributed by atoms with Gasteiger partial charge in [0.1, 0.15) is 6.10 Å². The number of benzene rings is 2. The van der Waals surface area contributed by atoms with Crippen molar-refractivity contribution >= 4 is 27.1 Å². The van der Waals surface area contributed by atoms with Crippen LogP contribution in [0.5, 0.6) is 0 Å². The Hall–Kier alpha value is -1.84. The molecule has 0 bridgehead atoms. The topological polar surface area (TPSA) is 23.5 Å². The average Bonchev–Trinajstić information content (AvgIpc) is 2.90. The summed E-state index contributed by atoms with van der Waals surface area (Å²) >= 11 is 1.65. The van der Waals surface area contributed by atoms with E-state index in [4.69, 9.17) is 0 Å². The van der Waals surface area contributed by atoms with Gasteiger partial charge in [-0.1, -0.05) is 30.3 Å². The Morgan fingerprint density at radius 3 is 2.35 bits per heavy atom. The van der Waals surface area contributed by atoms with Gasteiger partial charge in [0.2, 0.25) is 0 Å². The van der Waals surface area contributed by atoms with Gasteiger partial charge in [-0.3, -0.25) is 0 Å². The molecule has 1 atom stereocenters. The first-order valence-electron chi connectivity index (χ1n) is 6.59. The summed E-state index contributed by atoms with van der Waals surface area (Å²) in [6, 6.07) is 18.3. The van der Waals surface area contributed by atoms with E-state index in [-0.39, 0.29) is 0 Å². The van der Waals surface area contributed by atoms with Crippen molar-refractivity contribution in [1.82, 2.24) is 0 Å². The number of nitrogens with zero attached hydrogens (tertiary/aromatic N) is 1. The Bertz CT molecular complexity index is 682. The lowest BCUT2D eigenvalue weighted by Gasteiger charge is -2.14. The van der Waals surface area contributed by atoms with Crippen LogP contribution in [0.2, 0.25) is 0 Å². The van der Waals surface area contributed by atoms with Crippen molar-refractivity contribution in [3.63, 3.8) is 0 Å². The van der Waals surface area contributed by atoms with Crippen molar-refractivity contribution in [2.24, 2.45) is 0 Å². The van der Waals surface area contributed by atoms with Gasteiger partial charge in [0.25, 0.3) is 0 Å². The zero-order valence-electron chi connectivity index (χ0n) is 11.6. The maximum Gasteiger partial charge on any atom is 0.113 e. The molecular formula is C17H17NOS. The Morgan fingerprint density at radius 1 is 1.00 bits per heavy atom. The van der Waals surface area contributed by atoms with Gasteiger partial charge in [0.15, 0.2) is 0 Å². The summed E-state index contributed by atoms with van der Waals surface area (Å²) in [5, 5.41) is 11.7. The van der Waals surface area contributed by atoms with E-state index >= 15 is 0 Å². The van der Waals surface area contributed by atoms with Crippen LogP contribution in [0.25, 0.3) is 10.1 Å². The average molecular weight is 283 g/mol. The van der Waals surface area contributed by atoms with Crippen molar-refractivity contribution in [3.05, 3.63) is 65.0 Å². The molecule has 3 rings (SSSR count). The molecule has 2 nitrogen and oxygen atoms in total. The minimum atomic E-state index is -0.552. The number of rotatable bonds is 3. The minimum Gasteiger partial charge on any atom is -0.383 e. The number of aliphatic hydroxyl groups excluding tert-OH is 1. The van der Waals surface area contributed by atoms with Gasteiger partial charge in [-0.05, 0) is 35.2 Å². The lowest BCUT2D eigenvalue weighted by atomic mass is 10.1. The second-order valence-corrected chi connectivity index (χ2v) is 6.19. The fourth-order valence-electron chi connectivity index (χ4n) is 2.26. The van der Waals surface area contributed by atoms with Crippen molar-refractivity contribution in [3.8, 4) is 0 Å². The summed E-state index contributed by atoms with van der Waals surface area (Å²) < 4.78 is 1.21. The molecule has 2 aromatic carbocycles. The summed E-state index contributed by atoms with van der Waals surface area (Å²) in [5.74, 6) is 0. The molecule has 0 aliphatic heterocycles. The predicted molar refractivity (Wildman–Crippen MR) is 86.7 cm³/mol. The molecule has 20 heavy (non-hydrogen) atoms. The molecule has 1 N–H and O–H groups in total. The molecule has 0 spiro atoms. The van der Waals surface area contributed by atoms with Crippen molar-refractivity contribution < 1.29 is 5.11 Å². The number of aliphatic hydroxyl groups is 1. The van der Waals surface area contributed by atoms with Crippen LogP contribution in [0.15, 0.2) is 54.6 Å². The largest absolute Gasteiger partial charge is 0.383 e. The molecule has 0 amide bonds. The second kappa shape index (κ2) is 5.27. The van der Waals surface area contributed by atoms with Crippen molar-refractivity contribution in [1.29, 1.82) is 0 Å². The van der Waals surface area contributed by atoms with Crippen LogP contribution in [-0.4, -0.2) is 19.2 Å². The van der Waals surface area contributed by atoms with Gasteiger partial charge in [-0.25, -0.2) is 0 Å². The lowest BCUT2D eigenvalue weighted by molar-refractivity contribution is 0.224. The number of fused-ring (bicyclic) bond motifs is 1. The minimum absolute atomic E-state index is 0.552. The predicted octanol–water partition coefficient (Wildman–Crippen LogP) is 4.05. The van der Waals surface area contributed by atoms with Crippen molar-refractivity contribution in [2.75, 3.05) is 19.0 Å². The first-order chi connectivity index (χ1) is 9.65. The lowest BCUT2D eigenvalue weighted by Crippen LogP contribution is -2.08. The maximum atomic E-state index is 10.5. The number of anilines is 1. The molecule has 3 heteroatoms. The van der Waals surface area contributed by atoms with Crippen LogP contribution in [0.1, 0.15) is 16.5 Å². The maximum absolute atomic E-state index is 10.5. The van der Waals surface area contributed by atoms with E-state index in [2.05, 4.69) is 23.1 Å². The van der Waals surface area contributed by atoms with Gasteiger partial charge in [0, 0.05) is 29.4 Å². The summed E-state index contributed by atoms with van der Waals surface area (Å²) in [6.45, 7) is 0. The highest BCUT2D eigenvalue weighted by atomic mass is 32.1. The third-order valence-electron chi connectivity index (χ3n) is 3.44. The van der Waals surface area contributed by atoms with E-state index < -0.39 is 6.10 Å². The van der Waals surface area contributed by atoms with Gasteiger partial charge in [-0.2, -0.15) is 0 Å². The molecule has 0 saturated heterocycles. The zero-order chi connectivity index (χ0) is 14.1. The van der Waals surface area contributed by atoms with Crippen molar-refractivity contribution in [2.45, 2.75) is 6.10 Å². The number of hydrogen-bond acceptors (Lipinski definition) is 3. The van der Waals surface area contributed by atoms with E-state index in [0.717, 1.165) is 16.1 Å². The molecule has 0 aliphatic carbocycles. The van der Waals surface area contributed by atoms with E-state index in [1.54, 1.807) is 11.3 Å². The van der Waals surface area contributed by atoms with Crippen LogP contribution >= 0.6 is 11.3 Å². The molecule has 0 unspecified atom stereocenters. The SMILES string of the molecule is CN(C)c1ccc([C@H](O)c2cc3ccccc3s2)cc1. The summed E-state index contributed by atoms with van der Waals surface area (Å²) in [5.41, 5.74) is 2.07. The molecule has 0 saturated carbocycles. The summed E-state index contributed by atoms with van der Waals surface area (Å²) in [4.78, 5) is 3.04. The number of hydrogen-bond donors (Lipinski definition) is 1. The van der Waals surface area contributed by atoms with Crippen LogP contribution in [0.3, 0.4) is 0 Å². The van der Waals surface area contributed by atoms with Gasteiger partial charge in [-0.15, -0.1) is 11.3 Å². The molecule has 3 aromatic rings. The fourth-order valence-corrected chi connectivity index (χ4v) is 3.34. The van der Waals surface area contributed by atoms with Crippen LogP contribution < -0.4 is 4.90 Å². The normalized spacial score (nSPS) is 12.6. The molecule has 0 radical (unpaired) electrons. The third-order valence-corrected chi connectivity index (χ3v) is 4.61. The first kappa shape index (κ1) is 13.2. The summed E-state index contributed by atoms with van der Waals surface area (Å²) in [7, 11) is 4.02. The standard InChI is InChI=1S/C17H17NOS/c1-18(2)14-9-7-12(8-10-14)17(19)16-11-13-5-3-4-6-15(13)20-16/h3-11,17,19H,1-2H3/t17-/m0/s1. The highest BCUT2D eigenvalue weighted by Crippen LogP contribution is 2.33. The van der Waals surface area contributed by atoms with E-state index in [0.29, 0.717) is 0 Å². The second-order valence-electron chi connectivity index (χ2n) is 5.08. The van der Waals surface area contributed by atoms with E-state index in [1.807, 2.05) is 50.5 Å². The fraction of sp³-hybridized carbons (Fsp3) is 0.176. The van der Waals surface area contributed by atoms with E-state index in [1.165, 1.54) is 10.1 Å². The van der Waals surface area contributed by atoms with Crippen LogP contribution in [0.4, 0.5) is 5.69 Å². The molecule has 0 fully saturated rings.